The van der Waals surface area contributed by atoms with Crippen LogP contribution in [0.4, 0.5) is 0 Å². The van der Waals surface area contributed by atoms with E-state index >= 15 is 0 Å². The molecule has 0 aromatic rings. The van der Waals surface area contributed by atoms with E-state index in [4.69, 9.17) is 0 Å². The van der Waals surface area contributed by atoms with Crippen molar-refractivity contribution < 1.29 is 9.90 Å². The molecule has 0 bridgehead atoms. The van der Waals surface area contributed by atoms with Crippen molar-refractivity contribution in [3.8, 4) is 0 Å². The van der Waals surface area contributed by atoms with Gasteiger partial charge >= 0.3 is 5.97 Å². The van der Waals surface area contributed by atoms with Gasteiger partial charge in [-0.05, 0) is 18.3 Å². The van der Waals surface area contributed by atoms with E-state index in [1.54, 1.807) is 0 Å². The molecule has 1 heterocycles. The van der Waals surface area contributed by atoms with Gasteiger partial charge in [0.25, 0.3) is 0 Å². The minimum Gasteiger partial charge on any atom is -0.480 e. The van der Waals surface area contributed by atoms with Crippen molar-refractivity contribution in [2.75, 3.05) is 19.6 Å². The van der Waals surface area contributed by atoms with E-state index in [2.05, 4.69) is 24.1 Å². The van der Waals surface area contributed by atoms with Crippen LogP contribution in [0.5, 0.6) is 0 Å². The summed E-state index contributed by atoms with van der Waals surface area (Å²) in [5, 5.41) is 12.4. The summed E-state index contributed by atoms with van der Waals surface area (Å²) in [6.45, 7) is 6.90. The molecule has 0 aromatic heterocycles. The predicted octanol–water partition coefficient (Wildman–Crippen LogP) is 0.923. The van der Waals surface area contributed by atoms with E-state index in [-0.39, 0.29) is 11.5 Å². The fraction of sp³-hybridized carbons (Fsp3) is 0.917. The first kappa shape index (κ1) is 11.9. The minimum absolute atomic E-state index is 0.269. The molecule has 16 heavy (non-hydrogen) atoms. The number of hydrogen-bond acceptors (Lipinski definition) is 3. The highest BCUT2D eigenvalue weighted by molar-refractivity contribution is 5.74. The molecule has 1 saturated carbocycles. The first-order valence-electron chi connectivity index (χ1n) is 6.21. The van der Waals surface area contributed by atoms with Gasteiger partial charge in [-0.2, -0.15) is 0 Å². The van der Waals surface area contributed by atoms with Crippen LogP contribution in [0.2, 0.25) is 0 Å². The summed E-state index contributed by atoms with van der Waals surface area (Å²) in [6, 6.07) is 0.104. The van der Waals surface area contributed by atoms with Crippen molar-refractivity contribution in [3.63, 3.8) is 0 Å². The maximum Gasteiger partial charge on any atom is 0.322 e. The third kappa shape index (κ3) is 2.09. The van der Waals surface area contributed by atoms with E-state index in [1.165, 1.54) is 12.8 Å². The molecule has 2 unspecified atom stereocenters. The Balaban J connectivity index is 2.14. The predicted molar refractivity (Wildman–Crippen MR) is 62.4 cm³/mol. The SMILES string of the molecule is CC1(C)CCCC1N1CCNCC1C(=O)O. The molecule has 2 aliphatic rings. The molecule has 92 valence electrons. The summed E-state index contributed by atoms with van der Waals surface area (Å²) >= 11 is 0. The highest BCUT2D eigenvalue weighted by atomic mass is 16.4. The molecule has 1 saturated heterocycles. The second-order valence-electron chi connectivity index (χ2n) is 5.69. The van der Waals surface area contributed by atoms with Crippen LogP contribution in [0.15, 0.2) is 0 Å². The number of nitrogens with zero attached hydrogens (tertiary/aromatic N) is 1. The number of hydrogen-bond donors (Lipinski definition) is 2. The normalized spacial score (nSPS) is 35.1. The Bertz CT molecular complexity index is 278. The van der Waals surface area contributed by atoms with Crippen LogP contribution in [-0.2, 0) is 4.79 Å². The molecule has 0 aromatic carbocycles. The number of aliphatic carboxylic acids is 1. The Hall–Kier alpha value is -0.610. The average molecular weight is 226 g/mol. The van der Waals surface area contributed by atoms with Gasteiger partial charge in [-0.3, -0.25) is 9.69 Å². The maximum absolute atomic E-state index is 11.3. The fourth-order valence-corrected chi connectivity index (χ4v) is 3.25. The van der Waals surface area contributed by atoms with Gasteiger partial charge < -0.3 is 10.4 Å². The zero-order valence-electron chi connectivity index (χ0n) is 10.2. The zero-order valence-corrected chi connectivity index (χ0v) is 10.2. The molecule has 2 fully saturated rings. The van der Waals surface area contributed by atoms with Gasteiger partial charge in [0.2, 0.25) is 0 Å². The molecular formula is C12H22N2O2. The molecular weight excluding hydrogens is 204 g/mol. The highest BCUT2D eigenvalue weighted by Crippen LogP contribution is 2.41. The van der Waals surface area contributed by atoms with Crippen molar-refractivity contribution >= 4 is 5.97 Å². The van der Waals surface area contributed by atoms with Gasteiger partial charge in [-0.25, -0.2) is 0 Å². The summed E-state index contributed by atoms with van der Waals surface area (Å²) in [7, 11) is 0. The van der Waals surface area contributed by atoms with Gasteiger partial charge in [0, 0.05) is 25.7 Å². The van der Waals surface area contributed by atoms with Gasteiger partial charge in [0.15, 0.2) is 0 Å². The van der Waals surface area contributed by atoms with E-state index in [0.717, 1.165) is 19.5 Å². The van der Waals surface area contributed by atoms with Crippen molar-refractivity contribution in [3.05, 3.63) is 0 Å². The lowest BCUT2D eigenvalue weighted by molar-refractivity contribution is -0.146. The Kier molecular flexibility index (Phi) is 3.22. The summed E-state index contributed by atoms with van der Waals surface area (Å²) in [5.41, 5.74) is 0.269. The van der Waals surface area contributed by atoms with E-state index in [9.17, 15) is 9.90 Å². The molecule has 1 aliphatic carbocycles. The largest absolute Gasteiger partial charge is 0.480 e. The van der Waals surface area contributed by atoms with Crippen LogP contribution >= 0.6 is 0 Å². The standard InChI is InChI=1S/C12H22N2O2/c1-12(2)5-3-4-10(12)14-7-6-13-8-9(14)11(15)16/h9-10,13H,3-8H2,1-2H3,(H,15,16). The van der Waals surface area contributed by atoms with Crippen molar-refractivity contribution in [2.45, 2.75) is 45.2 Å². The summed E-state index contributed by atoms with van der Waals surface area (Å²) < 4.78 is 0. The molecule has 0 radical (unpaired) electrons. The number of piperazine rings is 1. The lowest BCUT2D eigenvalue weighted by Crippen LogP contribution is -2.60. The monoisotopic (exact) mass is 226 g/mol. The van der Waals surface area contributed by atoms with Gasteiger partial charge in [0.1, 0.15) is 6.04 Å². The third-order valence-electron chi connectivity index (χ3n) is 4.17. The van der Waals surface area contributed by atoms with Crippen LogP contribution in [0.3, 0.4) is 0 Å². The maximum atomic E-state index is 11.3. The number of rotatable bonds is 2. The van der Waals surface area contributed by atoms with Gasteiger partial charge in [-0.1, -0.05) is 20.3 Å². The number of carboxylic acids is 1. The Labute approximate surface area is 97.0 Å². The van der Waals surface area contributed by atoms with Crippen molar-refractivity contribution in [2.24, 2.45) is 5.41 Å². The van der Waals surface area contributed by atoms with Gasteiger partial charge in [0.05, 0.1) is 0 Å². The molecule has 0 amide bonds. The number of carbonyl (C=O) groups is 1. The second-order valence-corrected chi connectivity index (χ2v) is 5.69. The molecule has 2 atom stereocenters. The number of carboxylic acid groups (broad SMARTS) is 1. The van der Waals surface area contributed by atoms with Crippen LogP contribution in [0.1, 0.15) is 33.1 Å². The molecule has 1 aliphatic heterocycles. The first-order valence-corrected chi connectivity index (χ1v) is 6.21. The van der Waals surface area contributed by atoms with Crippen molar-refractivity contribution in [1.29, 1.82) is 0 Å². The molecule has 4 heteroatoms. The highest BCUT2D eigenvalue weighted by Gasteiger charge is 2.43. The smallest absolute Gasteiger partial charge is 0.322 e. The van der Waals surface area contributed by atoms with Crippen LogP contribution in [0.25, 0.3) is 0 Å². The van der Waals surface area contributed by atoms with Crippen LogP contribution < -0.4 is 5.32 Å². The first-order chi connectivity index (χ1) is 7.52. The van der Waals surface area contributed by atoms with E-state index in [1.807, 2.05) is 0 Å². The quantitative estimate of drug-likeness (QED) is 0.735. The lowest BCUT2D eigenvalue weighted by atomic mass is 9.85. The topological polar surface area (TPSA) is 52.6 Å². The van der Waals surface area contributed by atoms with Crippen LogP contribution in [-0.4, -0.2) is 47.7 Å². The summed E-state index contributed by atoms with van der Waals surface area (Å²) in [5.74, 6) is -0.685. The fourth-order valence-electron chi connectivity index (χ4n) is 3.25. The Morgan fingerprint density at radius 1 is 1.50 bits per heavy atom. The zero-order chi connectivity index (χ0) is 11.8. The van der Waals surface area contributed by atoms with Crippen LogP contribution in [0, 0.1) is 5.41 Å². The minimum atomic E-state index is -0.685. The Morgan fingerprint density at radius 3 is 2.81 bits per heavy atom. The van der Waals surface area contributed by atoms with Gasteiger partial charge in [-0.15, -0.1) is 0 Å². The Morgan fingerprint density at radius 2 is 2.25 bits per heavy atom. The third-order valence-corrected chi connectivity index (χ3v) is 4.17. The lowest BCUT2D eigenvalue weighted by Gasteiger charge is -2.43. The summed E-state index contributed by atoms with van der Waals surface area (Å²) in [6.07, 6.45) is 3.60. The second kappa shape index (κ2) is 4.34. The molecule has 2 N–H and O–H groups in total. The molecule has 2 rings (SSSR count). The molecule has 4 nitrogen and oxygen atoms in total. The molecule has 0 spiro atoms. The van der Waals surface area contributed by atoms with E-state index < -0.39 is 5.97 Å². The number of nitrogens with one attached hydrogen (secondary N) is 1. The summed E-state index contributed by atoms with van der Waals surface area (Å²) in [4.78, 5) is 13.5. The average Bonchev–Trinajstić information content (AvgIpc) is 2.58. The van der Waals surface area contributed by atoms with Crippen molar-refractivity contribution in [1.82, 2.24) is 10.2 Å². The van der Waals surface area contributed by atoms with E-state index in [0.29, 0.717) is 12.6 Å².